The maximum Gasteiger partial charge on any atom is 0.262 e. The largest absolute Gasteiger partial charge is 0.482 e. The maximum absolute atomic E-state index is 11.3. The topological polar surface area (TPSA) is 50.4 Å². The molecule has 4 nitrogen and oxygen atoms in total. The highest BCUT2D eigenvalue weighted by Gasteiger charge is 2.18. The van der Waals surface area contributed by atoms with Gasteiger partial charge in [-0.15, -0.1) is 0 Å². The van der Waals surface area contributed by atoms with Gasteiger partial charge in [-0.3, -0.25) is 4.79 Å². The van der Waals surface area contributed by atoms with Gasteiger partial charge in [0.1, 0.15) is 5.75 Å². The third-order valence-corrected chi connectivity index (χ3v) is 4.61. The predicted molar refractivity (Wildman–Crippen MR) is 85.3 cm³/mol. The SMILES string of the molecule is O=C1COc2cc(NCCC3CCCCC3)c(Cl)cc2N1. The number of amides is 1. The zero-order valence-electron chi connectivity index (χ0n) is 12.1. The molecule has 114 valence electrons. The summed E-state index contributed by atoms with van der Waals surface area (Å²) in [6.07, 6.45) is 8.04. The summed E-state index contributed by atoms with van der Waals surface area (Å²) < 4.78 is 5.42. The molecule has 0 unspecified atom stereocenters. The molecule has 1 fully saturated rings. The lowest BCUT2D eigenvalue weighted by molar-refractivity contribution is -0.118. The highest BCUT2D eigenvalue weighted by Crippen LogP contribution is 2.36. The predicted octanol–water partition coefficient (Wildman–Crippen LogP) is 4.05. The highest BCUT2D eigenvalue weighted by atomic mass is 35.5. The molecule has 1 amide bonds. The van der Waals surface area contributed by atoms with Gasteiger partial charge in [0.05, 0.1) is 16.4 Å². The smallest absolute Gasteiger partial charge is 0.262 e. The van der Waals surface area contributed by atoms with Gasteiger partial charge in [0.15, 0.2) is 6.61 Å². The summed E-state index contributed by atoms with van der Waals surface area (Å²) in [5.41, 5.74) is 1.52. The molecule has 0 aromatic heterocycles. The van der Waals surface area contributed by atoms with Gasteiger partial charge in [-0.1, -0.05) is 43.7 Å². The van der Waals surface area contributed by atoms with Crippen LogP contribution in [0.3, 0.4) is 0 Å². The van der Waals surface area contributed by atoms with Crippen LogP contribution in [0.4, 0.5) is 11.4 Å². The van der Waals surface area contributed by atoms with Crippen molar-refractivity contribution in [2.75, 3.05) is 23.8 Å². The fourth-order valence-electron chi connectivity index (χ4n) is 3.12. The van der Waals surface area contributed by atoms with Gasteiger partial charge >= 0.3 is 0 Å². The molecule has 2 N–H and O–H groups in total. The summed E-state index contributed by atoms with van der Waals surface area (Å²) in [6, 6.07) is 3.62. The number of benzene rings is 1. The molecule has 0 radical (unpaired) electrons. The van der Waals surface area contributed by atoms with Crippen LogP contribution in [0.5, 0.6) is 5.75 Å². The zero-order chi connectivity index (χ0) is 14.7. The van der Waals surface area contributed by atoms with Crippen LogP contribution in [0.2, 0.25) is 5.02 Å². The molecule has 0 atom stereocenters. The molecule has 0 bridgehead atoms. The third kappa shape index (κ3) is 3.62. The Kier molecular flexibility index (Phi) is 4.54. The van der Waals surface area contributed by atoms with Crippen molar-refractivity contribution < 1.29 is 9.53 Å². The molecule has 3 rings (SSSR count). The van der Waals surface area contributed by atoms with Gasteiger partial charge in [-0.05, 0) is 18.4 Å². The summed E-state index contributed by atoms with van der Waals surface area (Å²) in [4.78, 5) is 11.3. The van der Waals surface area contributed by atoms with Crippen molar-refractivity contribution in [1.29, 1.82) is 0 Å². The molecule has 1 heterocycles. The van der Waals surface area contributed by atoms with Crippen molar-refractivity contribution in [2.45, 2.75) is 38.5 Å². The van der Waals surface area contributed by atoms with Gasteiger partial charge in [-0.25, -0.2) is 0 Å². The van der Waals surface area contributed by atoms with E-state index in [0.717, 1.165) is 18.2 Å². The fraction of sp³-hybridized carbons (Fsp3) is 0.562. The molecule has 1 aromatic carbocycles. The fourth-order valence-corrected chi connectivity index (χ4v) is 3.35. The van der Waals surface area contributed by atoms with Gasteiger partial charge < -0.3 is 15.4 Å². The van der Waals surface area contributed by atoms with E-state index < -0.39 is 0 Å². The van der Waals surface area contributed by atoms with Crippen LogP contribution in [0, 0.1) is 5.92 Å². The molecular formula is C16H21ClN2O2. The van der Waals surface area contributed by atoms with Crippen molar-refractivity contribution >= 4 is 28.9 Å². The molecule has 0 spiro atoms. The van der Waals surface area contributed by atoms with Crippen molar-refractivity contribution in [1.82, 2.24) is 0 Å². The lowest BCUT2D eigenvalue weighted by Gasteiger charge is -2.23. The highest BCUT2D eigenvalue weighted by molar-refractivity contribution is 6.33. The second-order valence-corrected chi connectivity index (χ2v) is 6.29. The minimum Gasteiger partial charge on any atom is -0.482 e. The van der Waals surface area contributed by atoms with E-state index in [2.05, 4.69) is 10.6 Å². The van der Waals surface area contributed by atoms with E-state index >= 15 is 0 Å². The van der Waals surface area contributed by atoms with Crippen LogP contribution in [-0.2, 0) is 4.79 Å². The Balaban J connectivity index is 1.59. The average Bonchev–Trinajstić information content (AvgIpc) is 2.49. The normalized spacial score (nSPS) is 18.6. The number of ether oxygens (including phenoxy) is 1. The molecule has 0 saturated heterocycles. The van der Waals surface area contributed by atoms with Crippen molar-refractivity contribution in [3.63, 3.8) is 0 Å². The van der Waals surface area contributed by atoms with E-state index in [9.17, 15) is 4.79 Å². The Bertz CT molecular complexity index is 527. The number of anilines is 2. The summed E-state index contributed by atoms with van der Waals surface area (Å²) >= 11 is 6.26. The van der Waals surface area contributed by atoms with Gasteiger partial charge in [0, 0.05) is 12.6 Å². The first kappa shape index (κ1) is 14.5. The number of halogens is 1. The Morgan fingerprint density at radius 2 is 2.10 bits per heavy atom. The Hall–Kier alpha value is -1.42. The van der Waals surface area contributed by atoms with E-state index in [1.807, 2.05) is 6.07 Å². The van der Waals surface area contributed by atoms with E-state index in [0.29, 0.717) is 16.5 Å². The Morgan fingerprint density at radius 1 is 1.29 bits per heavy atom. The molecule has 21 heavy (non-hydrogen) atoms. The average molecular weight is 309 g/mol. The van der Waals surface area contributed by atoms with E-state index in [1.54, 1.807) is 6.07 Å². The van der Waals surface area contributed by atoms with Crippen LogP contribution in [-0.4, -0.2) is 19.1 Å². The quantitative estimate of drug-likeness (QED) is 0.882. The lowest BCUT2D eigenvalue weighted by Crippen LogP contribution is -2.25. The minimum atomic E-state index is -0.142. The summed E-state index contributed by atoms with van der Waals surface area (Å²) in [7, 11) is 0. The molecule has 1 aliphatic carbocycles. The molecule has 1 saturated carbocycles. The van der Waals surface area contributed by atoms with Gasteiger partial charge in [0.25, 0.3) is 5.91 Å². The molecular weight excluding hydrogens is 288 g/mol. The second-order valence-electron chi connectivity index (χ2n) is 5.88. The van der Waals surface area contributed by atoms with Crippen LogP contribution < -0.4 is 15.4 Å². The number of hydrogen-bond donors (Lipinski definition) is 2. The summed E-state index contributed by atoms with van der Waals surface area (Å²) in [5.74, 6) is 1.38. The Labute approximate surface area is 130 Å². The van der Waals surface area contributed by atoms with Crippen molar-refractivity contribution in [3.8, 4) is 5.75 Å². The summed E-state index contributed by atoms with van der Waals surface area (Å²) in [5, 5.41) is 6.77. The van der Waals surface area contributed by atoms with Crippen LogP contribution in [0.1, 0.15) is 38.5 Å². The molecule has 5 heteroatoms. The van der Waals surface area contributed by atoms with Crippen molar-refractivity contribution in [3.05, 3.63) is 17.2 Å². The van der Waals surface area contributed by atoms with E-state index in [1.165, 1.54) is 38.5 Å². The van der Waals surface area contributed by atoms with E-state index in [-0.39, 0.29) is 12.5 Å². The number of rotatable bonds is 4. The number of hydrogen-bond acceptors (Lipinski definition) is 3. The number of carbonyl (C=O) groups is 1. The molecule has 1 aliphatic heterocycles. The maximum atomic E-state index is 11.3. The van der Waals surface area contributed by atoms with E-state index in [4.69, 9.17) is 16.3 Å². The van der Waals surface area contributed by atoms with Crippen LogP contribution in [0.15, 0.2) is 12.1 Å². The van der Waals surface area contributed by atoms with Gasteiger partial charge in [0.2, 0.25) is 0 Å². The first-order valence-corrected chi connectivity index (χ1v) is 8.10. The van der Waals surface area contributed by atoms with Crippen LogP contribution in [0.25, 0.3) is 0 Å². The van der Waals surface area contributed by atoms with Gasteiger partial charge in [-0.2, -0.15) is 0 Å². The monoisotopic (exact) mass is 308 g/mol. The zero-order valence-corrected chi connectivity index (χ0v) is 12.8. The number of carbonyl (C=O) groups excluding carboxylic acids is 1. The van der Waals surface area contributed by atoms with Crippen molar-refractivity contribution in [2.24, 2.45) is 5.92 Å². The number of nitrogens with one attached hydrogen (secondary N) is 2. The van der Waals surface area contributed by atoms with Crippen LogP contribution >= 0.6 is 11.6 Å². The minimum absolute atomic E-state index is 0.0656. The summed E-state index contributed by atoms with van der Waals surface area (Å²) in [6.45, 7) is 0.992. The molecule has 1 aromatic rings. The first-order valence-electron chi connectivity index (χ1n) is 7.72. The number of fused-ring (bicyclic) bond motifs is 1. The standard InChI is InChI=1S/C16H21ClN2O2/c17-12-8-14-15(21-10-16(20)19-14)9-13(12)18-7-6-11-4-2-1-3-5-11/h8-9,11,18H,1-7,10H2,(H,19,20). The lowest BCUT2D eigenvalue weighted by atomic mass is 9.87. The Morgan fingerprint density at radius 3 is 2.90 bits per heavy atom. The molecule has 2 aliphatic rings. The first-order chi connectivity index (χ1) is 10.2. The second kappa shape index (κ2) is 6.56. The third-order valence-electron chi connectivity index (χ3n) is 4.29.